The van der Waals surface area contributed by atoms with Gasteiger partial charge in [-0.2, -0.15) is 5.10 Å². The van der Waals surface area contributed by atoms with Gasteiger partial charge in [-0.05, 0) is 51.8 Å². The van der Waals surface area contributed by atoms with Crippen molar-refractivity contribution in [2.75, 3.05) is 5.43 Å². The molecule has 1 fully saturated rings. The molecule has 0 radical (unpaired) electrons. The molecule has 5 heteroatoms. The Morgan fingerprint density at radius 1 is 1.00 bits per heavy atom. The Hall–Kier alpha value is -2.95. The van der Waals surface area contributed by atoms with Crippen LogP contribution in [0.1, 0.15) is 45.7 Å². The lowest BCUT2D eigenvalue weighted by Gasteiger charge is -2.43. The molecule has 1 N–H and O–H groups in total. The molecule has 1 aliphatic heterocycles. The molecule has 0 amide bonds. The Morgan fingerprint density at radius 3 is 2.21 bits per heavy atom. The third-order valence-electron chi connectivity index (χ3n) is 5.53. The quantitative estimate of drug-likeness (QED) is 0.349. The van der Waals surface area contributed by atoms with Crippen LogP contribution >= 0.6 is 0 Å². The summed E-state index contributed by atoms with van der Waals surface area (Å²) in [5.41, 5.74) is 4.29. The predicted molar refractivity (Wildman–Crippen MR) is 115 cm³/mol. The molecule has 1 heterocycles. The van der Waals surface area contributed by atoms with Gasteiger partial charge in [0.15, 0.2) is 11.9 Å². The highest BCUT2D eigenvalue weighted by atomic mass is 16.5. The van der Waals surface area contributed by atoms with E-state index in [1.807, 2.05) is 68.4 Å². The van der Waals surface area contributed by atoms with Crippen molar-refractivity contribution in [3.63, 3.8) is 0 Å². The minimum absolute atomic E-state index is 0.149. The fourth-order valence-corrected chi connectivity index (χ4v) is 3.64. The van der Waals surface area contributed by atoms with Crippen molar-refractivity contribution in [1.29, 1.82) is 0 Å². The van der Waals surface area contributed by atoms with Gasteiger partial charge in [0.25, 0.3) is 0 Å². The van der Waals surface area contributed by atoms with Gasteiger partial charge in [-0.3, -0.25) is 15.0 Å². The number of cyclic esters (lactones) is 1. The topological polar surface area (TPSA) is 67.8 Å². The van der Waals surface area contributed by atoms with E-state index in [4.69, 9.17) is 4.74 Å². The minimum Gasteiger partial charge on any atom is -0.454 e. The predicted octanol–water partition coefficient (Wildman–Crippen LogP) is 4.61. The van der Waals surface area contributed by atoms with Crippen molar-refractivity contribution in [2.45, 2.75) is 47.1 Å². The minimum atomic E-state index is -1.18. The summed E-state index contributed by atoms with van der Waals surface area (Å²) in [6.07, 6.45) is 0.130. The SMILES string of the molecule is CCc1ccc(/C(=N/Nc2ccccc2)[C@@H]2OC(=O)C(C)(C)C(=O)C2(C)C)cc1. The summed E-state index contributed by atoms with van der Waals surface area (Å²) >= 11 is 0. The number of rotatable bonds is 5. The van der Waals surface area contributed by atoms with Crippen molar-refractivity contribution < 1.29 is 14.3 Å². The molecule has 0 spiro atoms. The number of carbonyl (C=O) groups is 2. The first-order chi connectivity index (χ1) is 13.7. The highest BCUT2D eigenvalue weighted by Gasteiger charge is 2.56. The zero-order chi connectivity index (χ0) is 21.2. The summed E-state index contributed by atoms with van der Waals surface area (Å²) < 4.78 is 5.82. The third-order valence-corrected chi connectivity index (χ3v) is 5.53. The molecular weight excluding hydrogens is 364 g/mol. The zero-order valence-electron chi connectivity index (χ0n) is 17.7. The monoisotopic (exact) mass is 392 g/mol. The maximum atomic E-state index is 13.1. The zero-order valence-corrected chi connectivity index (χ0v) is 17.7. The first-order valence-corrected chi connectivity index (χ1v) is 9.92. The summed E-state index contributed by atoms with van der Waals surface area (Å²) in [6, 6.07) is 17.5. The smallest absolute Gasteiger partial charge is 0.319 e. The second-order valence-electron chi connectivity index (χ2n) is 8.49. The Balaban J connectivity index is 2.06. The summed E-state index contributed by atoms with van der Waals surface area (Å²) in [5, 5.41) is 4.59. The van der Waals surface area contributed by atoms with Crippen molar-refractivity contribution in [3.05, 3.63) is 65.7 Å². The maximum Gasteiger partial charge on any atom is 0.319 e. The number of hydrogen-bond acceptors (Lipinski definition) is 5. The molecule has 0 unspecified atom stereocenters. The number of esters is 1. The molecule has 29 heavy (non-hydrogen) atoms. The number of ether oxygens (including phenoxy) is 1. The van der Waals surface area contributed by atoms with Gasteiger partial charge in [-0.1, -0.05) is 49.4 Å². The van der Waals surface area contributed by atoms with E-state index in [1.54, 1.807) is 13.8 Å². The van der Waals surface area contributed by atoms with Crippen LogP contribution in [0.4, 0.5) is 5.69 Å². The number of nitrogens with one attached hydrogen (secondary N) is 1. The number of hydrogen-bond donors (Lipinski definition) is 1. The first kappa shape index (κ1) is 20.8. The number of ketones is 1. The van der Waals surface area contributed by atoms with Crippen LogP contribution in [0, 0.1) is 10.8 Å². The number of nitrogens with zero attached hydrogens (tertiary/aromatic N) is 1. The fraction of sp³-hybridized carbons (Fsp3) is 0.375. The van der Waals surface area contributed by atoms with E-state index in [0.717, 1.165) is 17.7 Å². The van der Waals surface area contributed by atoms with E-state index >= 15 is 0 Å². The molecule has 0 bridgehead atoms. The van der Waals surface area contributed by atoms with Crippen LogP contribution in [0.5, 0.6) is 0 Å². The molecule has 1 atom stereocenters. The maximum absolute atomic E-state index is 13.1. The van der Waals surface area contributed by atoms with Gasteiger partial charge in [-0.25, -0.2) is 0 Å². The van der Waals surface area contributed by atoms with Gasteiger partial charge in [0.1, 0.15) is 11.1 Å². The molecule has 0 saturated carbocycles. The fourth-order valence-electron chi connectivity index (χ4n) is 3.64. The van der Waals surface area contributed by atoms with Crippen LogP contribution < -0.4 is 5.43 Å². The van der Waals surface area contributed by atoms with Gasteiger partial charge >= 0.3 is 5.97 Å². The number of anilines is 1. The molecule has 2 aromatic rings. The number of aryl methyl sites for hydroxylation is 1. The summed E-state index contributed by atoms with van der Waals surface area (Å²) in [5.74, 6) is -0.673. The standard InChI is InChI=1S/C24H28N2O3/c1-6-16-12-14-17(15-13-16)19(26-25-18-10-8-7-9-11-18)20-23(2,3)21(27)24(4,5)22(28)29-20/h7-15,20,25H,6H2,1-5H3/b26-19-/t20-/m0/s1. The molecule has 152 valence electrons. The van der Waals surface area contributed by atoms with Gasteiger partial charge in [0, 0.05) is 5.56 Å². The normalized spacial score (nSPS) is 20.9. The largest absolute Gasteiger partial charge is 0.454 e. The molecule has 1 aliphatic rings. The van der Waals surface area contributed by atoms with Crippen LogP contribution in [0.25, 0.3) is 0 Å². The van der Waals surface area contributed by atoms with E-state index in [9.17, 15) is 9.59 Å². The van der Waals surface area contributed by atoms with E-state index in [2.05, 4.69) is 17.5 Å². The third kappa shape index (κ3) is 3.95. The van der Waals surface area contributed by atoms with E-state index < -0.39 is 22.9 Å². The van der Waals surface area contributed by atoms with Gasteiger partial charge in [0.2, 0.25) is 0 Å². The highest BCUT2D eigenvalue weighted by molar-refractivity contribution is 6.15. The average Bonchev–Trinajstić information content (AvgIpc) is 2.72. The Morgan fingerprint density at radius 2 is 1.62 bits per heavy atom. The van der Waals surface area contributed by atoms with Crippen molar-refractivity contribution >= 4 is 23.2 Å². The van der Waals surface area contributed by atoms with Crippen molar-refractivity contribution in [1.82, 2.24) is 0 Å². The second kappa shape index (κ2) is 7.82. The average molecular weight is 392 g/mol. The Kier molecular flexibility index (Phi) is 5.60. The number of carbonyl (C=O) groups excluding carboxylic acids is 2. The van der Waals surface area contributed by atoms with Crippen molar-refractivity contribution in [2.24, 2.45) is 15.9 Å². The molecule has 0 aromatic heterocycles. The number of para-hydroxylation sites is 1. The molecule has 1 saturated heterocycles. The molecule has 0 aliphatic carbocycles. The summed E-state index contributed by atoms with van der Waals surface area (Å²) in [7, 11) is 0. The lowest BCUT2D eigenvalue weighted by Crippen LogP contribution is -2.58. The Bertz CT molecular complexity index is 928. The molecule has 2 aromatic carbocycles. The van der Waals surface area contributed by atoms with Gasteiger partial charge in [-0.15, -0.1) is 0 Å². The summed E-state index contributed by atoms with van der Waals surface area (Å²) in [4.78, 5) is 25.7. The van der Waals surface area contributed by atoms with Crippen molar-refractivity contribution in [3.8, 4) is 0 Å². The van der Waals surface area contributed by atoms with E-state index in [0.29, 0.717) is 5.71 Å². The van der Waals surface area contributed by atoms with Gasteiger partial charge < -0.3 is 4.74 Å². The molecular formula is C24H28N2O3. The highest BCUT2D eigenvalue weighted by Crippen LogP contribution is 2.41. The van der Waals surface area contributed by atoms with Crippen LogP contribution in [-0.4, -0.2) is 23.6 Å². The van der Waals surface area contributed by atoms with E-state index in [-0.39, 0.29) is 5.78 Å². The number of benzene rings is 2. The summed E-state index contributed by atoms with van der Waals surface area (Å²) in [6.45, 7) is 8.95. The van der Waals surface area contributed by atoms with Gasteiger partial charge in [0.05, 0.1) is 11.1 Å². The lowest BCUT2D eigenvalue weighted by atomic mass is 9.67. The number of hydrazone groups is 1. The molecule has 3 rings (SSSR count). The molecule has 5 nitrogen and oxygen atoms in total. The van der Waals surface area contributed by atoms with E-state index in [1.165, 1.54) is 5.56 Å². The lowest BCUT2D eigenvalue weighted by molar-refractivity contribution is -0.179. The first-order valence-electron chi connectivity index (χ1n) is 9.92. The van der Waals surface area contributed by atoms with Crippen LogP contribution in [0.3, 0.4) is 0 Å². The number of Topliss-reactive ketones (excluding diaryl/α,β-unsaturated/α-hetero) is 1. The van der Waals surface area contributed by atoms with Crippen LogP contribution in [0.2, 0.25) is 0 Å². The van der Waals surface area contributed by atoms with Crippen LogP contribution in [0.15, 0.2) is 59.7 Å². The Labute approximate surface area is 172 Å². The van der Waals surface area contributed by atoms with Crippen LogP contribution in [-0.2, 0) is 20.7 Å². The second-order valence-corrected chi connectivity index (χ2v) is 8.49.